The Hall–Kier alpha value is -2.38. The number of hydrogen-bond acceptors (Lipinski definition) is 6. The molecule has 118 valence electrons. The Labute approximate surface area is 128 Å². The zero-order valence-corrected chi connectivity index (χ0v) is 12.5. The monoisotopic (exact) mass is 305 g/mol. The first-order valence-corrected chi connectivity index (χ1v) is 6.84. The Morgan fingerprint density at radius 2 is 2.05 bits per heavy atom. The number of rotatable bonds is 7. The fourth-order valence-electron chi connectivity index (χ4n) is 2.10. The van der Waals surface area contributed by atoms with E-state index < -0.39 is 12.1 Å². The van der Waals surface area contributed by atoms with Crippen LogP contribution in [0.1, 0.15) is 10.4 Å². The predicted octanol–water partition coefficient (Wildman–Crippen LogP) is 1.37. The van der Waals surface area contributed by atoms with Crippen molar-refractivity contribution in [2.24, 2.45) is 0 Å². The smallest absolute Gasteiger partial charge is 0.343 e. The van der Waals surface area contributed by atoms with Crippen molar-refractivity contribution in [2.75, 3.05) is 32.5 Å². The van der Waals surface area contributed by atoms with Crippen molar-refractivity contribution in [1.29, 1.82) is 0 Å². The summed E-state index contributed by atoms with van der Waals surface area (Å²) in [5.74, 6) is -0.827. The molecule has 0 spiro atoms. The zero-order chi connectivity index (χ0) is 16.1. The van der Waals surface area contributed by atoms with E-state index in [4.69, 9.17) is 4.52 Å². The standard InChI is InChI=1S/C15H19N3O4/c1-18(2)9-11(19)8-16-14-12(15(20)21)13(22-17-14)10-6-4-3-5-7-10/h3-7,11,19H,8-9H2,1-2H3,(H,16,17)(H,20,21). The number of hydrogen-bond donors (Lipinski definition) is 3. The number of carboxylic acids is 1. The second-order valence-corrected chi connectivity index (χ2v) is 5.20. The summed E-state index contributed by atoms with van der Waals surface area (Å²) >= 11 is 0. The quantitative estimate of drug-likeness (QED) is 0.710. The van der Waals surface area contributed by atoms with Crippen LogP contribution in [0.15, 0.2) is 34.9 Å². The van der Waals surface area contributed by atoms with Crippen LogP contribution in [0, 0.1) is 0 Å². The zero-order valence-electron chi connectivity index (χ0n) is 12.5. The molecule has 1 atom stereocenters. The van der Waals surface area contributed by atoms with E-state index in [1.807, 2.05) is 25.1 Å². The molecule has 0 fully saturated rings. The molecule has 1 heterocycles. The van der Waals surface area contributed by atoms with Gasteiger partial charge in [0, 0.05) is 18.7 Å². The summed E-state index contributed by atoms with van der Waals surface area (Å²) in [6.45, 7) is 0.637. The van der Waals surface area contributed by atoms with E-state index in [9.17, 15) is 15.0 Å². The summed E-state index contributed by atoms with van der Waals surface area (Å²) in [5.41, 5.74) is 0.595. The van der Waals surface area contributed by atoms with Gasteiger partial charge < -0.3 is 25.0 Å². The summed E-state index contributed by atoms with van der Waals surface area (Å²) in [5, 5.41) is 25.8. The molecule has 22 heavy (non-hydrogen) atoms. The molecule has 1 aromatic heterocycles. The molecule has 1 unspecified atom stereocenters. The van der Waals surface area contributed by atoms with Crippen LogP contribution in [0.4, 0.5) is 5.82 Å². The highest BCUT2D eigenvalue weighted by Crippen LogP contribution is 2.29. The van der Waals surface area contributed by atoms with E-state index in [0.717, 1.165) is 0 Å². The number of aromatic carboxylic acids is 1. The molecule has 7 heteroatoms. The first-order chi connectivity index (χ1) is 10.5. The van der Waals surface area contributed by atoms with Crippen LogP contribution in [0.5, 0.6) is 0 Å². The van der Waals surface area contributed by atoms with Gasteiger partial charge in [0.2, 0.25) is 0 Å². The van der Waals surface area contributed by atoms with Crippen molar-refractivity contribution in [3.8, 4) is 11.3 Å². The van der Waals surface area contributed by atoms with Gasteiger partial charge in [-0.1, -0.05) is 35.5 Å². The number of nitrogens with one attached hydrogen (secondary N) is 1. The minimum absolute atomic E-state index is 0.0387. The number of carbonyl (C=O) groups is 1. The second kappa shape index (κ2) is 7.06. The van der Waals surface area contributed by atoms with Crippen LogP contribution in [0.25, 0.3) is 11.3 Å². The Kier molecular flexibility index (Phi) is 5.13. The van der Waals surface area contributed by atoms with Gasteiger partial charge >= 0.3 is 5.97 Å². The number of aliphatic hydroxyl groups excluding tert-OH is 1. The highest BCUT2D eigenvalue weighted by Gasteiger charge is 2.24. The van der Waals surface area contributed by atoms with Gasteiger partial charge in [-0.3, -0.25) is 0 Å². The number of carboxylic acid groups (broad SMARTS) is 1. The van der Waals surface area contributed by atoms with Gasteiger partial charge in [-0.15, -0.1) is 0 Å². The molecule has 0 aliphatic rings. The number of benzene rings is 1. The van der Waals surface area contributed by atoms with Gasteiger partial charge in [0.25, 0.3) is 0 Å². The lowest BCUT2D eigenvalue weighted by Crippen LogP contribution is -2.31. The van der Waals surface area contributed by atoms with Crippen LogP contribution in [0.3, 0.4) is 0 Å². The van der Waals surface area contributed by atoms with Crippen molar-refractivity contribution in [1.82, 2.24) is 10.1 Å². The maximum atomic E-state index is 11.5. The topological polar surface area (TPSA) is 98.8 Å². The molecule has 3 N–H and O–H groups in total. The van der Waals surface area contributed by atoms with Crippen molar-refractivity contribution in [3.05, 3.63) is 35.9 Å². The highest BCUT2D eigenvalue weighted by molar-refractivity contribution is 5.99. The predicted molar refractivity (Wildman–Crippen MR) is 81.9 cm³/mol. The molecule has 2 aromatic rings. The fourth-order valence-corrected chi connectivity index (χ4v) is 2.10. The molecule has 0 saturated carbocycles. The SMILES string of the molecule is CN(C)CC(O)CNc1noc(-c2ccccc2)c1C(=O)O. The molecular formula is C15H19N3O4. The van der Waals surface area contributed by atoms with Crippen molar-refractivity contribution in [2.45, 2.75) is 6.10 Å². The first kappa shape index (κ1) is 16.0. The number of anilines is 1. The van der Waals surface area contributed by atoms with Gasteiger partial charge in [0.05, 0.1) is 6.10 Å². The van der Waals surface area contributed by atoms with E-state index in [2.05, 4.69) is 10.5 Å². The Morgan fingerprint density at radius 1 is 1.36 bits per heavy atom. The van der Waals surface area contributed by atoms with E-state index in [-0.39, 0.29) is 23.7 Å². The summed E-state index contributed by atoms with van der Waals surface area (Å²) < 4.78 is 5.17. The first-order valence-electron chi connectivity index (χ1n) is 6.84. The molecular weight excluding hydrogens is 286 g/mol. The molecule has 0 bridgehead atoms. The number of aliphatic hydroxyl groups is 1. The highest BCUT2D eigenvalue weighted by atomic mass is 16.5. The largest absolute Gasteiger partial charge is 0.477 e. The van der Waals surface area contributed by atoms with E-state index >= 15 is 0 Å². The van der Waals surface area contributed by atoms with Gasteiger partial charge in [0.1, 0.15) is 0 Å². The lowest BCUT2D eigenvalue weighted by atomic mass is 10.1. The van der Waals surface area contributed by atoms with Crippen LogP contribution < -0.4 is 5.32 Å². The Bertz CT molecular complexity index is 625. The lowest BCUT2D eigenvalue weighted by molar-refractivity contribution is 0.0698. The molecule has 0 aliphatic carbocycles. The summed E-state index contributed by atoms with van der Waals surface area (Å²) in [7, 11) is 3.69. The van der Waals surface area contributed by atoms with E-state index in [1.54, 1.807) is 24.3 Å². The molecule has 0 saturated heterocycles. The van der Waals surface area contributed by atoms with Crippen LogP contribution >= 0.6 is 0 Å². The van der Waals surface area contributed by atoms with Crippen LogP contribution in [0.2, 0.25) is 0 Å². The third-order valence-corrected chi connectivity index (χ3v) is 3.02. The lowest BCUT2D eigenvalue weighted by Gasteiger charge is -2.16. The number of aromatic nitrogens is 1. The number of likely N-dealkylation sites (N-methyl/N-ethyl adjacent to an activating group) is 1. The third kappa shape index (κ3) is 3.84. The maximum absolute atomic E-state index is 11.5. The van der Waals surface area contributed by atoms with Crippen molar-refractivity contribution < 1.29 is 19.5 Å². The maximum Gasteiger partial charge on any atom is 0.343 e. The third-order valence-electron chi connectivity index (χ3n) is 3.02. The van der Waals surface area contributed by atoms with Crippen molar-refractivity contribution >= 4 is 11.8 Å². The number of nitrogens with zero attached hydrogens (tertiary/aromatic N) is 2. The average molecular weight is 305 g/mol. The summed E-state index contributed by atoms with van der Waals surface area (Å²) in [4.78, 5) is 13.3. The molecule has 2 rings (SSSR count). The van der Waals surface area contributed by atoms with Crippen LogP contribution in [-0.4, -0.2) is 59.5 Å². The summed E-state index contributed by atoms with van der Waals surface area (Å²) in [6, 6.07) is 8.90. The Morgan fingerprint density at radius 3 is 2.64 bits per heavy atom. The second-order valence-electron chi connectivity index (χ2n) is 5.20. The van der Waals surface area contributed by atoms with Crippen molar-refractivity contribution in [3.63, 3.8) is 0 Å². The summed E-state index contributed by atoms with van der Waals surface area (Å²) in [6.07, 6.45) is -0.645. The molecule has 7 nitrogen and oxygen atoms in total. The van der Waals surface area contributed by atoms with Gasteiger partial charge in [0.15, 0.2) is 17.1 Å². The molecule has 0 amide bonds. The van der Waals surface area contributed by atoms with Gasteiger partial charge in [-0.2, -0.15) is 0 Å². The van der Waals surface area contributed by atoms with E-state index in [0.29, 0.717) is 12.1 Å². The normalized spacial score (nSPS) is 12.4. The fraction of sp³-hybridized carbons (Fsp3) is 0.333. The van der Waals surface area contributed by atoms with Crippen LogP contribution in [-0.2, 0) is 0 Å². The minimum atomic E-state index is -1.13. The average Bonchev–Trinajstić information content (AvgIpc) is 2.89. The Balaban J connectivity index is 2.19. The molecule has 1 aromatic carbocycles. The molecule has 0 aliphatic heterocycles. The molecule has 0 radical (unpaired) electrons. The van der Waals surface area contributed by atoms with E-state index in [1.165, 1.54) is 0 Å². The van der Waals surface area contributed by atoms with Gasteiger partial charge in [-0.25, -0.2) is 4.79 Å². The minimum Gasteiger partial charge on any atom is -0.477 e. The van der Waals surface area contributed by atoms with Gasteiger partial charge in [-0.05, 0) is 14.1 Å².